The van der Waals surface area contributed by atoms with E-state index in [1.165, 1.54) is 32.1 Å². The average Bonchev–Trinajstić information content (AvgIpc) is 2.49. The van der Waals surface area contributed by atoms with E-state index in [4.69, 9.17) is 9.47 Å². The van der Waals surface area contributed by atoms with Crippen LogP contribution in [0, 0.1) is 0 Å². The molecule has 21 heavy (non-hydrogen) atoms. The molecular weight excluding hydrogens is 264 g/mol. The van der Waals surface area contributed by atoms with Crippen LogP contribution in [0.4, 0.5) is 0 Å². The van der Waals surface area contributed by atoms with Gasteiger partial charge in [0.1, 0.15) is 11.9 Å². The van der Waals surface area contributed by atoms with E-state index in [0.29, 0.717) is 0 Å². The normalized spacial score (nSPS) is 26.5. The van der Waals surface area contributed by atoms with E-state index in [0.717, 1.165) is 30.8 Å². The molecule has 1 aliphatic heterocycles. The Bertz CT molecular complexity index is 441. The van der Waals surface area contributed by atoms with Crippen molar-refractivity contribution in [2.24, 2.45) is 0 Å². The Morgan fingerprint density at radius 3 is 2.57 bits per heavy atom. The zero-order chi connectivity index (χ0) is 14.7. The third kappa shape index (κ3) is 3.58. The minimum atomic E-state index is -0.423. The van der Waals surface area contributed by atoms with Gasteiger partial charge < -0.3 is 14.6 Å². The van der Waals surface area contributed by atoms with Crippen molar-refractivity contribution in [1.82, 2.24) is 0 Å². The molecule has 2 aliphatic rings. The van der Waals surface area contributed by atoms with Crippen LogP contribution in [-0.2, 0) is 4.74 Å². The van der Waals surface area contributed by atoms with E-state index in [2.05, 4.69) is 0 Å². The highest BCUT2D eigenvalue weighted by Crippen LogP contribution is 2.39. The average molecular weight is 290 g/mol. The van der Waals surface area contributed by atoms with E-state index < -0.39 is 6.10 Å². The molecule has 1 unspecified atom stereocenters. The summed E-state index contributed by atoms with van der Waals surface area (Å²) in [6.45, 7) is 2.59. The number of aliphatic hydroxyl groups excluding tert-OH is 1. The van der Waals surface area contributed by atoms with Crippen molar-refractivity contribution in [1.29, 1.82) is 0 Å². The second-order valence-corrected chi connectivity index (χ2v) is 6.57. The lowest BCUT2D eigenvalue weighted by molar-refractivity contribution is -0.129. The number of rotatable bonds is 3. The molecule has 116 valence electrons. The van der Waals surface area contributed by atoms with Gasteiger partial charge in [-0.15, -0.1) is 0 Å². The largest absolute Gasteiger partial charge is 0.490 e. The van der Waals surface area contributed by atoms with Gasteiger partial charge in [0.15, 0.2) is 0 Å². The van der Waals surface area contributed by atoms with Crippen molar-refractivity contribution < 1.29 is 14.6 Å². The van der Waals surface area contributed by atoms with Crippen molar-refractivity contribution in [2.45, 2.75) is 69.7 Å². The maximum absolute atomic E-state index is 9.54. The summed E-state index contributed by atoms with van der Waals surface area (Å²) in [4.78, 5) is 0. The standard InChI is InChI=1S/C18H26O3/c1-14(19)15-5-7-16(8-6-15)21-17-9-12-20-18(13-17)10-3-2-4-11-18/h5-8,14,17,19H,2-4,9-13H2,1H3/t14-,17?/m1/s1. The van der Waals surface area contributed by atoms with Gasteiger partial charge in [-0.2, -0.15) is 0 Å². The minimum Gasteiger partial charge on any atom is -0.490 e. The molecule has 0 aromatic heterocycles. The number of hydrogen-bond donors (Lipinski definition) is 1. The molecule has 0 amide bonds. The van der Waals surface area contributed by atoms with Gasteiger partial charge in [0.2, 0.25) is 0 Å². The Hall–Kier alpha value is -1.06. The van der Waals surface area contributed by atoms with Crippen molar-refractivity contribution in [3.63, 3.8) is 0 Å². The second-order valence-electron chi connectivity index (χ2n) is 6.57. The molecule has 1 spiro atoms. The molecule has 3 heteroatoms. The van der Waals surface area contributed by atoms with Crippen LogP contribution in [-0.4, -0.2) is 23.4 Å². The summed E-state index contributed by atoms with van der Waals surface area (Å²) in [6, 6.07) is 7.81. The number of benzene rings is 1. The molecule has 2 atom stereocenters. The van der Waals surface area contributed by atoms with Gasteiger partial charge in [0.25, 0.3) is 0 Å². The molecule has 3 rings (SSSR count). The first-order valence-corrected chi connectivity index (χ1v) is 8.26. The monoisotopic (exact) mass is 290 g/mol. The molecule has 1 heterocycles. The lowest BCUT2D eigenvalue weighted by Crippen LogP contribution is -2.45. The lowest BCUT2D eigenvalue weighted by atomic mass is 9.79. The summed E-state index contributed by atoms with van der Waals surface area (Å²) in [5.41, 5.74) is 1.01. The van der Waals surface area contributed by atoms with Crippen LogP contribution >= 0.6 is 0 Å². The van der Waals surface area contributed by atoms with E-state index in [1.54, 1.807) is 6.92 Å². The molecule has 1 N–H and O–H groups in total. The Labute approximate surface area is 127 Å². The molecule has 1 saturated heterocycles. The molecule has 1 aliphatic carbocycles. The summed E-state index contributed by atoms with van der Waals surface area (Å²) in [6.07, 6.45) is 8.12. The van der Waals surface area contributed by atoms with E-state index in [1.807, 2.05) is 24.3 Å². The summed E-state index contributed by atoms with van der Waals surface area (Å²) >= 11 is 0. The van der Waals surface area contributed by atoms with E-state index in [-0.39, 0.29) is 11.7 Å². The Kier molecular flexibility index (Phi) is 4.51. The first-order chi connectivity index (χ1) is 10.2. The highest BCUT2D eigenvalue weighted by Gasteiger charge is 2.39. The first kappa shape index (κ1) is 14.9. The van der Waals surface area contributed by atoms with Gasteiger partial charge in [-0.1, -0.05) is 31.4 Å². The predicted molar refractivity (Wildman–Crippen MR) is 82.5 cm³/mol. The van der Waals surface area contributed by atoms with Crippen LogP contribution in [0.15, 0.2) is 24.3 Å². The maximum Gasteiger partial charge on any atom is 0.119 e. The van der Waals surface area contributed by atoms with Gasteiger partial charge in [0.05, 0.1) is 18.3 Å². The van der Waals surface area contributed by atoms with E-state index in [9.17, 15) is 5.11 Å². The third-order valence-electron chi connectivity index (χ3n) is 4.88. The van der Waals surface area contributed by atoms with Gasteiger partial charge in [-0.3, -0.25) is 0 Å². The summed E-state index contributed by atoms with van der Waals surface area (Å²) < 4.78 is 12.3. The molecule has 1 aromatic rings. The van der Waals surface area contributed by atoms with E-state index >= 15 is 0 Å². The van der Waals surface area contributed by atoms with Crippen LogP contribution in [0.25, 0.3) is 0 Å². The van der Waals surface area contributed by atoms with Crippen molar-refractivity contribution >= 4 is 0 Å². The SMILES string of the molecule is C[C@@H](O)c1ccc(OC2CCOC3(CCCCC3)C2)cc1. The summed E-state index contributed by atoms with van der Waals surface area (Å²) in [5.74, 6) is 0.900. The fourth-order valence-corrected chi connectivity index (χ4v) is 3.65. The molecule has 0 radical (unpaired) electrons. The van der Waals surface area contributed by atoms with Gasteiger partial charge >= 0.3 is 0 Å². The van der Waals surface area contributed by atoms with Crippen molar-refractivity contribution in [2.75, 3.05) is 6.61 Å². The quantitative estimate of drug-likeness (QED) is 0.914. The molecular formula is C18H26O3. The molecule has 3 nitrogen and oxygen atoms in total. The van der Waals surface area contributed by atoms with Gasteiger partial charge in [0, 0.05) is 12.8 Å². The number of aliphatic hydroxyl groups is 1. The predicted octanol–water partition coefficient (Wildman–Crippen LogP) is 4.00. The van der Waals surface area contributed by atoms with Gasteiger partial charge in [-0.25, -0.2) is 0 Å². The lowest BCUT2D eigenvalue weighted by Gasteiger charge is -2.43. The highest BCUT2D eigenvalue weighted by molar-refractivity contribution is 5.28. The smallest absolute Gasteiger partial charge is 0.119 e. The van der Waals surface area contributed by atoms with Gasteiger partial charge in [-0.05, 0) is 37.5 Å². The fourth-order valence-electron chi connectivity index (χ4n) is 3.65. The van der Waals surface area contributed by atoms with Crippen molar-refractivity contribution in [3.8, 4) is 5.75 Å². The minimum absolute atomic E-state index is 0.0840. The number of hydrogen-bond acceptors (Lipinski definition) is 3. The van der Waals surface area contributed by atoms with Crippen LogP contribution in [0.2, 0.25) is 0 Å². The zero-order valence-corrected chi connectivity index (χ0v) is 12.9. The van der Waals surface area contributed by atoms with Crippen LogP contribution in [0.1, 0.15) is 63.5 Å². The number of ether oxygens (including phenoxy) is 2. The third-order valence-corrected chi connectivity index (χ3v) is 4.88. The summed E-state index contributed by atoms with van der Waals surface area (Å²) in [5, 5.41) is 9.54. The molecule has 0 bridgehead atoms. The second kappa shape index (κ2) is 6.37. The van der Waals surface area contributed by atoms with Crippen LogP contribution in [0.5, 0.6) is 5.75 Å². The topological polar surface area (TPSA) is 38.7 Å². The summed E-state index contributed by atoms with van der Waals surface area (Å²) in [7, 11) is 0. The molecule has 1 saturated carbocycles. The Balaban J connectivity index is 1.61. The van der Waals surface area contributed by atoms with Crippen molar-refractivity contribution in [3.05, 3.63) is 29.8 Å². The molecule has 2 fully saturated rings. The highest BCUT2D eigenvalue weighted by atomic mass is 16.5. The molecule has 1 aromatic carbocycles. The van der Waals surface area contributed by atoms with Crippen LogP contribution < -0.4 is 4.74 Å². The van der Waals surface area contributed by atoms with Crippen LogP contribution in [0.3, 0.4) is 0 Å². The Morgan fingerprint density at radius 2 is 1.90 bits per heavy atom. The Morgan fingerprint density at radius 1 is 1.19 bits per heavy atom. The fraction of sp³-hybridized carbons (Fsp3) is 0.667. The maximum atomic E-state index is 9.54. The zero-order valence-electron chi connectivity index (χ0n) is 12.9. The first-order valence-electron chi connectivity index (χ1n) is 8.26.